The second-order valence-corrected chi connectivity index (χ2v) is 8.91. The van der Waals surface area contributed by atoms with E-state index in [2.05, 4.69) is 20.6 Å². The van der Waals surface area contributed by atoms with Crippen LogP contribution in [0.3, 0.4) is 0 Å². The van der Waals surface area contributed by atoms with Crippen LogP contribution in [0, 0.1) is 6.92 Å². The van der Waals surface area contributed by atoms with Gasteiger partial charge in [-0.3, -0.25) is 4.79 Å². The van der Waals surface area contributed by atoms with E-state index in [0.717, 1.165) is 17.0 Å². The van der Waals surface area contributed by atoms with Crippen molar-refractivity contribution in [3.8, 4) is 5.69 Å². The number of amides is 1. The summed E-state index contributed by atoms with van der Waals surface area (Å²) in [5.74, 6) is 0.648. The molecular formula is C23H19ClN6O2S. The van der Waals surface area contributed by atoms with Crippen LogP contribution < -0.4 is 0 Å². The first kappa shape index (κ1) is 21.4. The van der Waals surface area contributed by atoms with Crippen LogP contribution in [0.25, 0.3) is 5.69 Å². The molecule has 3 heterocycles. The highest BCUT2D eigenvalue weighted by Crippen LogP contribution is 2.34. The summed E-state index contributed by atoms with van der Waals surface area (Å²) in [7, 11) is 0. The van der Waals surface area contributed by atoms with Crippen molar-refractivity contribution in [1.82, 2.24) is 25.2 Å². The van der Waals surface area contributed by atoms with Gasteiger partial charge in [0.05, 0.1) is 23.4 Å². The predicted octanol–water partition coefficient (Wildman–Crippen LogP) is 4.69. The molecule has 1 aliphatic heterocycles. The minimum atomic E-state index is -0.298. The van der Waals surface area contributed by atoms with Gasteiger partial charge in [0.25, 0.3) is 5.91 Å². The van der Waals surface area contributed by atoms with Gasteiger partial charge in [-0.05, 0) is 53.2 Å². The molecule has 0 aliphatic carbocycles. The van der Waals surface area contributed by atoms with Gasteiger partial charge in [0.1, 0.15) is 11.8 Å². The van der Waals surface area contributed by atoms with Gasteiger partial charge in [-0.1, -0.05) is 59.3 Å². The lowest BCUT2D eigenvalue weighted by Gasteiger charge is -2.19. The van der Waals surface area contributed by atoms with Crippen molar-refractivity contribution >= 4 is 35.0 Å². The fourth-order valence-electron chi connectivity index (χ4n) is 3.59. The molecule has 10 heteroatoms. The third kappa shape index (κ3) is 4.55. The van der Waals surface area contributed by atoms with Gasteiger partial charge in [-0.15, -0.1) is 5.10 Å². The first-order chi connectivity index (χ1) is 16.1. The molecule has 0 spiro atoms. The number of thioether (sulfide) groups is 1. The van der Waals surface area contributed by atoms with Crippen LogP contribution in [0.4, 0.5) is 0 Å². The second-order valence-electron chi connectivity index (χ2n) is 7.53. The van der Waals surface area contributed by atoms with Crippen LogP contribution in [0.15, 0.2) is 81.6 Å². The van der Waals surface area contributed by atoms with Gasteiger partial charge >= 0.3 is 0 Å². The van der Waals surface area contributed by atoms with Crippen molar-refractivity contribution in [3.63, 3.8) is 0 Å². The Morgan fingerprint density at radius 1 is 1.18 bits per heavy atom. The molecule has 5 rings (SSSR count). The number of aromatic nitrogens is 4. The van der Waals surface area contributed by atoms with Crippen molar-refractivity contribution in [2.45, 2.75) is 24.5 Å². The summed E-state index contributed by atoms with van der Waals surface area (Å²) < 4.78 is 7.17. The van der Waals surface area contributed by atoms with Gasteiger partial charge in [-0.2, -0.15) is 9.78 Å². The summed E-state index contributed by atoms with van der Waals surface area (Å²) in [6, 6.07) is 18.7. The zero-order chi connectivity index (χ0) is 22.8. The smallest absolute Gasteiger partial charge is 0.253 e. The molecule has 33 heavy (non-hydrogen) atoms. The van der Waals surface area contributed by atoms with E-state index in [1.807, 2.05) is 55.5 Å². The number of aryl methyl sites for hydroxylation is 1. The number of tetrazole rings is 1. The maximum absolute atomic E-state index is 13.2. The Kier molecular flexibility index (Phi) is 5.97. The average molecular weight is 479 g/mol. The molecule has 0 bridgehead atoms. The van der Waals surface area contributed by atoms with E-state index >= 15 is 0 Å². The fourth-order valence-corrected chi connectivity index (χ4v) is 4.52. The molecule has 2 aromatic carbocycles. The van der Waals surface area contributed by atoms with Crippen molar-refractivity contribution in [3.05, 3.63) is 88.8 Å². The maximum Gasteiger partial charge on any atom is 0.253 e. The number of furan rings is 1. The fraction of sp³-hybridized carbons (Fsp3) is 0.174. The first-order valence-corrected chi connectivity index (χ1v) is 11.6. The zero-order valence-electron chi connectivity index (χ0n) is 17.6. The van der Waals surface area contributed by atoms with Crippen LogP contribution >= 0.6 is 23.4 Å². The molecule has 1 atom stereocenters. The maximum atomic E-state index is 13.2. The molecule has 0 N–H and O–H groups in total. The van der Waals surface area contributed by atoms with E-state index in [9.17, 15) is 4.79 Å². The molecule has 0 fully saturated rings. The first-order valence-electron chi connectivity index (χ1n) is 10.3. The molecule has 1 unspecified atom stereocenters. The largest absolute Gasteiger partial charge is 0.467 e. The Balaban J connectivity index is 1.36. The number of halogens is 1. The highest BCUT2D eigenvalue weighted by atomic mass is 35.5. The predicted molar refractivity (Wildman–Crippen MR) is 126 cm³/mol. The Hall–Kier alpha value is -3.43. The quantitative estimate of drug-likeness (QED) is 0.373. The standard InChI is InChI=1S/C23H19ClN6O2S/c1-15-7-9-16(10-8-15)19-13-20(21-6-3-11-32-21)30(26-19)22(31)14-33-23-25-27-28-29(23)18-5-2-4-17(24)12-18/h2-12,20H,13-14H2,1H3. The molecule has 1 amide bonds. The third-order valence-electron chi connectivity index (χ3n) is 5.24. The Bertz CT molecular complexity index is 1300. The van der Waals surface area contributed by atoms with Gasteiger partial charge < -0.3 is 4.42 Å². The van der Waals surface area contributed by atoms with Gasteiger partial charge in [0.2, 0.25) is 5.16 Å². The number of rotatable bonds is 6. The van der Waals surface area contributed by atoms with E-state index < -0.39 is 0 Å². The number of carbonyl (C=O) groups excluding carboxylic acids is 1. The SMILES string of the molecule is Cc1ccc(C2=NN(C(=O)CSc3nnnn3-c3cccc(Cl)c3)C(c3ccco3)C2)cc1. The van der Waals surface area contributed by atoms with Crippen LogP contribution in [0.5, 0.6) is 0 Å². The molecule has 0 saturated heterocycles. The normalized spacial score (nSPS) is 15.6. The van der Waals surface area contributed by atoms with Crippen LogP contribution in [0.2, 0.25) is 5.02 Å². The highest BCUT2D eigenvalue weighted by Gasteiger charge is 2.35. The third-order valence-corrected chi connectivity index (χ3v) is 6.38. The summed E-state index contributed by atoms with van der Waals surface area (Å²) in [4.78, 5) is 13.2. The lowest BCUT2D eigenvalue weighted by atomic mass is 10.0. The highest BCUT2D eigenvalue weighted by molar-refractivity contribution is 7.99. The van der Waals surface area contributed by atoms with Gasteiger partial charge in [0.15, 0.2) is 0 Å². The average Bonchev–Trinajstić information content (AvgIpc) is 3.58. The van der Waals surface area contributed by atoms with E-state index in [1.165, 1.54) is 22.3 Å². The summed E-state index contributed by atoms with van der Waals surface area (Å²) in [6.45, 7) is 2.04. The van der Waals surface area contributed by atoms with Crippen LogP contribution in [-0.2, 0) is 4.79 Å². The number of hydrazone groups is 1. The molecule has 4 aromatic rings. The Labute approximate surface area is 199 Å². The minimum Gasteiger partial charge on any atom is -0.467 e. The van der Waals surface area contributed by atoms with Crippen LogP contribution in [0.1, 0.15) is 29.3 Å². The summed E-state index contributed by atoms with van der Waals surface area (Å²) in [6.07, 6.45) is 2.18. The minimum absolute atomic E-state index is 0.114. The van der Waals surface area contributed by atoms with E-state index in [-0.39, 0.29) is 17.7 Å². The van der Waals surface area contributed by atoms with E-state index in [1.54, 1.807) is 23.1 Å². The number of benzene rings is 2. The molecule has 8 nitrogen and oxygen atoms in total. The van der Waals surface area contributed by atoms with Gasteiger partial charge in [0, 0.05) is 11.4 Å². The van der Waals surface area contributed by atoms with Crippen molar-refractivity contribution < 1.29 is 9.21 Å². The molecule has 0 radical (unpaired) electrons. The number of carbonyl (C=O) groups is 1. The summed E-state index contributed by atoms with van der Waals surface area (Å²) >= 11 is 7.33. The van der Waals surface area contributed by atoms with Crippen molar-refractivity contribution in [2.24, 2.45) is 5.10 Å². The lowest BCUT2D eigenvalue weighted by Crippen LogP contribution is -2.28. The van der Waals surface area contributed by atoms with Crippen LogP contribution in [-0.4, -0.2) is 42.6 Å². The van der Waals surface area contributed by atoms with E-state index in [4.69, 9.17) is 16.0 Å². The Morgan fingerprint density at radius 3 is 2.79 bits per heavy atom. The van der Waals surface area contributed by atoms with Gasteiger partial charge in [-0.25, -0.2) is 5.01 Å². The Morgan fingerprint density at radius 2 is 2.03 bits per heavy atom. The molecule has 1 aliphatic rings. The zero-order valence-corrected chi connectivity index (χ0v) is 19.2. The van der Waals surface area contributed by atoms with Crippen molar-refractivity contribution in [1.29, 1.82) is 0 Å². The van der Waals surface area contributed by atoms with Crippen molar-refractivity contribution in [2.75, 3.05) is 5.75 Å². The number of hydrogen-bond acceptors (Lipinski definition) is 7. The topological polar surface area (TPSA) is 89.4 Å². The number of hydrogen-bond donors (Lipinski definition) is 0. The second kappa shape index (κ2) is 9.21. The number of nitrogens with zero attached hydrogens (tertiary/aromatic N) is 6. The van der Waals surface area contributed by atoms with E-state index in [0.29, 0.717) is 22.4 Å². The summed E-state index contributed by atoms with van der Waals surface area (Å²) in [5, 5.41) is 19.1. The monoisotopic (exact) mass is 478 g/mol. The molecule has 0 saturated carbocycles. The molecular weight excluding hydrogens is 460 g/mol. The molecule has 2 aromatic heterocycles. The lowest BCUT2D eigenvalue weighted by molar-refractivity contribution is -0.130. The molecule has 166 valence electrons. The summed E-state index contributed by atoms with van der Waals surface area (Å²) in [5.41, 5.74) is 3.72.